The number of nitrogens with zero attached hydrogens (tertiary/aromatic N) is 1. The Hall–Kier alpha value is -1.02. The molecule has 0 aliphatic carbocycles. The fourth-order valence-electron chi connectivity index (χ4n) is 1.05. The van der Waals surface area contributed by atoms with E-state index in [0.717, 1.165) is 5.57 Å². The van der Waals surface area contributed by atoms with E-state index in [1.165, 1.54) is 5.70 Å². The quantitative estimate of drug-likeness (QED) is 0.665. The van der Waals surface area contributed by atoms with Crippen LogP contribution < -0.4 is 5.32 Å². The van der Waals surface area contributed by atoms with Gasteiger partial charge < -0.3 is 10.2 Å². The molecular formula is C10H16N2. The minimum absolute atomic E-state index is 0.409. The molecule has 2 heteroatoms. The molecule has 0 fully saturated rings. The van der Waals surface area contributed by atoms with E-state index in [2.05, 4.69) is 43.9 Å². The topological polar surface area (TPSA) is 15.3 Å². The Bertz CT molecular complexity index is 236. The van der Waals surface area contributed by atoms with E-state index in [1.807, 2.05) is 12.3 Å². The Balaban J connectivity index is 2.70. The van der Waals surface area contributed by atoms with Gasteiger partial charge in [0.25, 0.3) is 0 Å². The lowest BCUT2D eigenvalue weighted by atomic mass is 10.1. The van der Waals surface area contributed by atoms with Gasteiger partial charge >= 0.3 is 0 Å². The van der Waals surface area contributed by atoms with Crippen LogP contribution in [0.3, 0.4) is 0 Å². The molecule has 0 spiro atoms. The van der Waals surface area contributed by atoms with Crippen molar-refractivity contribution in [3.63, 3.8) is 0 Å². The third kappa shape index (κ3) is 1.98. The Morgan fingerprint density at radius 2 is 2.17 bits per heavy atom. The third-order valence-corrected chi connectivity index (χ3v) is 2.11. The zero-order valence-electron chi connectivity index (χ0n) is 7.96. The molecule has 0 bridgehead atoms. The summed E-state index contributed by atoms with van der Waals surface area (Å²) in [7, 11) is 4.13. The zero-order valence-corrected chi connectivity index (χ0v) is 7.96. The summed E-state index contributed by atoms with van der Waals surface area (Å²) in [6.45, 7) is 6.04. The average Bonchev–Trinajstić information content (AvgIpc) is 2.03. The van der Waals surface area contributed by atoms with Crippen LogP contribution in [0.15, 0.2) is 36.2 Å². The maximum atomic E-state index is 3.88. The summed E-state index contributed by atoms with van der Waals surface area (Å²) in [5.74, 6) is 0. The van der Waals surface area contributed by atoms with Crippen molar-refractivity contribution in [3.8, 4) is 0 Å². The van der Waals surface area contributed by atoms with Gasteiger partial charge in [-0.15, -0.1) is 0 Å². The zero-order chi connectivity index (χ0) is 9.14. The second kappa shape index (κ2) is 3.59. The number of rotatable bonds is 2. The molecule has 1 atom stereocenters. The molecule has 0 aromatic rings. The molecule has 0 saturated heterocycles. The molecular weight excluding hydrogens is 148 g/mol. The van der Waals surface area contributed by atoms with Crippen LogP contribution in [0.4, 0.5) is 0 Å². The summed E-state index contributed by atoms with van der Waals surface area (Å²) in [5, 5.41) is 3.21. The number of hydrogen-bond donors (Lipinski definition) is 1. The molecule has 0 aromatic carbocycles. The van der Waals surface area contributed by atoms with Crippen molar-refractivity contribution in [2.45, 2.75) is 13.0 Å². The van der Waals surface area contributed by atoms with Crippen LogP contribution in [-0.2, 0) is 0 Å². The molecule has 1 N–H and O–H groups in total. The van der Waals surface area contributed by atoms with Gasteiger partial charge in [-0.1, -0.05) is 6.58 Å². The highest BCUT2D eigenvalue weighted by Gasteiger charge is 2.11. The van der Waals surface area contributed by atoms with Crippen LogP contribution >= 0.6 is 0 Å². The van der Waals surface area contributed by atoms with E-state index in [9.17, 15) is 0 Å². The van der Waals surface area contributed by atoms with Crippen molar-refractivity contribution >= 4 is 0 Å². The lowest BCUT2D eigenvalue weighted by molar-refractivity contribution is 0.342. The van der Waals surface area contributed by atoms with Gasteiger partial charge in [0.15, 0.2) is 0 Å². The standard InChI is InChI=1S/C10H16N2/c1-8-5-6-11-10(7-8)9(2)12(3)4/h5-7,9,11H,1H2,2-4H3. The van der Waals surface area contributed by atoms with E-state index in [0.29, 0.717) is 6.04 Å². The predicted octanol–water partition coefficient (Wildman–Crippen LogP) is 1.49. The summed E-state index contributed by atoms with van der Waals surface area (Å²) in [4.78, 5) is 2.16. The molecule has 1 aliphatic rings. The van der Waals surface area contributed by atoms with E-state index in [-0.39, 0.29) is 0 Å². The summed E-state index contributed by atoms with van der Waals surface area (Å²) in [6, 6.07) is 0.409. The maximum Gasteiger partial charge on any atom is 0.0464 e. The van der Waals surface area contributed by atoms with Crippen molar-refractivity contribution in [2.75, 3.05) is 14.1 Å². The SMILES string of the molecule is C=C1C=CNC(C(C)N(C)C)=C1. The van der Waals surface area contributed by atoms with E-state index < -0.39 is 0 Å². The van der Waals surface area contributed by atoms with Gasteiger partial charge in [0, 0.05) is 17.9 Å². The predicted molar refractivity (Wildman–Crippen MR) is 52.6 cm³/mol. The molecule has 1 heterocycles. The van der Waals surface area contributed by atoms with Gasteiger partial charge in [-0.25, -0.2) is 0 Å². The van der Waals surface area contributed by atoms with Crippen LogP contribution in [0, 0.1) is 0 Å². The lowest BCUT2D eigenvalue weighted by Crippen LogP contribution is -2.32. The Morgan fingerprint density at radius 1 is 1.50 bits per heavy atom. The van der Waals surface area contributed by atoms with Crippen LogP contribution in [-0.4, -0.2) is 25.0 Å². The Labute approximate surface area is 74.3 Å². The molecule has 0 aromatic heterocycles. The smallest absolute Gasteiger partial charge is 0.0464 e. The van der Waals surface area contributed by atoms with Gasteiger partial charge in [-0.05, 0) is 38.7 Å². The number of hydrogen-bond acceptors (Lipinski definition) is 2. The average molecular weight is 164 g/mol. The maximum absolute atomic E-state index is 3.88. The second-order valence-electron chi connectivity index (χ2n) is 3.29. The highest BCUT2D eigenvalue weighted by atomic mass is 15.1. The normalized spacial score (nSPS) is 19.0. The van der Waals surface area contributed by atoms with Crippen molar-refractivity contribution in [1.82, 2.24) is 10.2 Å². The first-order chi connectivity index (χ1) is 5.61. The van der Waals surface area contributed by atoms with Crippen molar-refractivity contribution in [2.24, 2.45) is 0 Å². The van der Waals surface area contributed by atoms with E-state index in [1.54, 1.807) is 0 Å². The van der Waals surface area contributed by atoms with E-state index in [4.69, 9.17) is 0 Å². The van der Waals surface area contributed by atoms with Gasteiger partial charge in [-0.3, -0.25) is 0 Å². The minimum atomic E-state index is 0.409. The molecule has 0 saturated carbocycles. The molecule has 1 aliphatic heterocycles. The molecule has 66 valence electrons. The number of likely N-dealkylation sites (N-methyl/N-ethyl adjacent to an activating group) is 1. The van der Waals surface area contributed by atoms with E-state index >= 15 is 0 Å². The summed E-state index contributed by atoms with van der Waals surface area (Å²) in [6.07, 6.45) is 5.97. The van der Waals surface area contributed by atoms with Crippen LogP contribution in [0.5, 0.6) is 0 Å². The van der Waals surface area contributed by atoms with Crippen LogP contribution in [0.25, 0.3) is 0 Å². The van der Waals surface area contributed by atoms with Gasteiger partial charge in [0.1, 0.15) is 0 Å². The summed E-state index contributed by atoms with van der Waals surface area (Å²) in [5.41, 5.74) is 2.25. The number of allylic oxidation sites excluding steroid dienone is 3. The summed E-state index contributed by atoms with van der Waals surface area (Å²) >= 11 is 0. The van der Waals surface area contributed by atoms with Crippen molar-refractivity contribution in [1.29, 1.82) is 0 Å². The first-order valence-electron chi connectivity index (χ1n) is 4.11. The molecule has 12 heavy (non-hydrogen) atoms. The van der Waals surface area contributed by atoms with Gasteiger partial charge in [0.05, 0.1) is 0 Å². The highest BCUT2D eigenvalue weighted by Crippen LogP contribution is 2.11. The first-order valence-corrected chi connectivity index (χ1v) is 4.11. The first kappa shape index (κ1) is 9.07. The number of dihydropyridines is 1. The fourth-order valence-corrected chi connectivity index (χ4v) is 1.05. The third-order valence-electron chi connectivity index (χ3n) is 2.11. The Morgan fingerprint density at radius 3 is 2.67 bits per heavy atom. The minimum Gasteiger partial charge on any atom is -0.364 e. The fraction of sp³-hybridized carbons (Fsp3) is 0.400. The van der Waals surface area contributed by atoms with Crippen molar-refractivity contribution in [3.05, 3.63) is 36.2 Å². The van der Waals surface area contributed by atoms with Crippen molar-refractivity contribution < 1.29 is 0 Å². The highest BCUT2D eigenvalue weighted by molar-refractivity contribution is 5.36. The largest absolute Gasteiger partial charge is 0.364 e. The van der Waals surface area contributed by atoms with Gasteiger partial charge in [0.2, 0.25) is 0 Å². The molecule has 1 unspecified atom stereocenters. The van der Waals surface area contributed by atoms with Crippen LogP contribution in [0.2, 0.25) is 0 Å². The molecule has 0 amide bonds. The number of nitrogens with one attached hydrogen (secondary N) is 1. The lowest BCUT2D eigenvalue weighted by Gasteiger charge is -2.24. The van der Waals surface area contributed by atoms with Crippen LogP contribution in [0.1, 0.15) is 6.92 Å². The Kier molecular flexibility index (Phi) is 2.71. The molecule has 1 rings (SSSR count). The monoisotopic (exact) mass is 164 g/mol. The summed E-state index contributed by atoms with van der Waals surface area (Å²) < 4.78 is 0. The molecule has 2 nitrogen and oxygen atoms in total. The van der Waals surface area contributed by atoms with Gasteiger partial charge in [-0.2, -0.15) is 0 Å². The molecule has 0 radical (unpaired) electrons. The second-order valence-corrected chi connectivity index (χ2v) is 3.29.